The highest BCUT2D eigenvalue weighted by Gasteiger charge is 2.08. The van der Waals surface area contributed by atoms with Gasteiger partial charge in [0.15, 0.2) is 11.6 Å². The molecule has 0 aliphatic carbocycles. The summed E-state index contributed by atoms with van der Waals surface area (Å²) in [6, 6.07) is 6.59. The standard InChI is InChI=1S/C14H16FN3O/c1-4-16-14-8-12(17-9(2)18-14)10-5-6-13(19-3)11(15)7-10/h5-8H,4H2,1-3H3,(H,16,17,18). The van der Waals surface area contributed by atoms with Gasteiger partial charge in [0.2, 0.25) is 0 Å². The van der Waals surface area contributed by atoms with Gasteiger partial charge in [0.05, 0.1) is 12.8 Å². The van der Waals surface area contributed by atoms with Crippen molar-refractivity contribution in [1.82, 2.24) is 9.97 Å². The molecule has 5 heteroatoms. The molecular formula is C14H16FN3O. The molecule has 1 aromatic carbocycles. The molecule has 4 nitrogen and oxygen atoms in total. The predicted octanol–water partition coefficient (Wildman–Crippen LogP) is 3.03. The number of methoxy groups -OCH3 is 1. The van der Waals surface area contributed by atoms with Gasteiger partial charge in [-0.1, -0.05) is 0 Å². The Morgan fingerprint density at radius 2 is 2.05 bits per heavy atom. The maximum Gasteiger partial charge on any atom is 0.165 e. The number of ether oxygens (including phenoxy) is 1. The van der Waals surface area contributed by atoms with E-state index < -0.39 is 5.82 Å². The second kappa shape index (κ2) is 5.65. The van der Waals surface area contributed by atoms with Crippen molar-refractivity contribution in [2.75, 3.05) is 19.0 Å². The molecule has 0 fully saturated rings. The van der Waals surface area contributed by atoms with E-state index in [-0.39, 0.29) is 5.75 Å². The van der Waals surface area contributed by atoms with Gasteiger partial charge in [-0.3, -0.25) is 0 Å². The van der Waals surface area contributed by atoms with Crippen molar-refractivity contribution in [1.29, 1.82) is 0 Å². The van der Waals surface area contributed by atoms with Gasteiger partial charge in [0.25, 0.3) is 0 Å². The lowest BCUT2D eigenvalue weighted by Gasteiger charge is -2.08. The second-order valence-electron chi connectivity index (χ2n) is 4.07. The Bertz CT molecular complexity index is 587. The van der Waals surface area contributed by atoms with Gasteiger partial charge in [-0.05, 0) is 32.0 Å². The number of nitrogens with zero attached hydrogens (tertiary/aromatic N) is 2. The van der Waals surface area contributed by atoms with Crippen molar-refractivity contribution in [2.45, 2.75) is 13.8 Å². The van der Waals surface area contributed by atoms with Crippen molar-refractivity contribution in [3.8, 4) is 17.0 Å². The monoisotopic (exact) mass is 261 g/mol. The first-order valence-electron chi connectivity index (χ1n) is 6.07. The van der Waals surface area contributed by atoms with E-state index in [1.165, 1.54) is 13.2 Å². The van der Waals surface area contributed by atoms with Crippen molar-refractivity contribution in [2.24, 2.45) is 0 Å². The Kier molecular flexibility index (Phi) is 3.94. The summed E-state index contributed by atoms with van der Waals surface area (Å²) in [5.41, 5.74) is 1.38. The smallest absolute Gasteiger partial charge is 0.165 e. The second-order valence-corrected chi connectivity index (χ2v) is 4.07. The number of benzene rings is 1. The quantitative estimate of drug-likeness (QED) is 0.919. The molecule has 0 radical (unpaired) electrons. The summed E-state index contributed by atoms with van der Waals surface area (Å²) in [5.74, 6) is 1.20. The van der Waals surface area contributed by atoms with E-state index in [2.05, 4.69) is 15.3 Å². The Labute approximate surface area is 111 Å². The summed E-state index contributed by atoms with van der Waals surface area (Å²) in [5, 5.41) is 3.13. The number of aromatic nitrogens is 2. The number of hydrogen-bond donors (Lipinski definition) is 1. The van der Waals surface area contributed by atoms with Crippen LogP contribution in [0.25, 0.3) is 11.3 Å². The van der Waals surface area contributed by atoms with Crippen LogP contribution in [-0.4, -0.2) is 23.6 Å². The zero-order chi connectivity index (χ0) is 13.8. The van der Waals surface area contributed by atoms with Crippen molar-refractivity contribution < 1.29 is 9.13 Å². The number of aryl methyl sites for hydroxylation is 1. The first-order chi connectivity index (χ1) is 9.13. The number of nitrogens with one attached hydrogen (secondary N) is 1. The maximum atomic E-state index is 13.7. The van der Waals surface area contributed by atoms with E-state index in [0.29, 0.717) is 17.1 Å². The number of anilines is 1. The van der Waals surface area contributed by atoms with E-state index in [4.69, 9.17) is 4.74 Å². The molecule has 0 saturated carbocycles. The lowest BCUT2D eigenvalue weighted by atomic mass is 10.1. The van der Waals surface area contributed by atoms with E-state index >= 15 is 0 Å². The summed E-state index contributed by atoms with van der Waals surface area (Å²) in [4.78, 5) is 8.59. The van der Waals surface area contributed by atoms with Crippen LogP contribution in [0.3, 0.4) is 0 Å². The highest BCUT2D eigenvalue weighted by atomic mass is 19.1. The van der Waals surface area contributed by atoms with Crippen LogP contribution in [-0.2, 0) is 0 Å². The zero-order valence-electron chi connectivity index (χ0n) is 11.2. The third kappa shape index (κ3) is 2.99. The lowest BCUT2D eigenvalue weighted by Crippen LogP contribution is -2.02. The molecule has 0 aliphatic heterocycles. The molecule has 0 bridgehead atoms. The summed E-state index contributed by atoms with van der Waals surface area (Å²) in [6.45, 7) is 4.57. The molecule has 2 rings (SSSR count). The van der Waals surface area contributed by atoms with E-state index in [0.717, 1.165) is 12.4 Å². The third-order valence-corrected chi connectivity index (χ3v) is 2.64. The van der Waals surface area contributed by atoms with Crippen LogP contribution < -0.4 is 10.1 Å². The van der Waals surface area contributed by atoms with Gasteiger partial charge >= 0.3 is 0 Å². The molecule has 100 valence electrons. The van der Waals surface area contributed by atoms with E-state index in [1.807, 2.05) is 13.8 Å². The minimum absolute atomic E-state index is 0.224. The van der Waals surface area contributed by atoms with Crippen LogP contribution in [0, 0.1) is 12.7 Å². The van der Waals surface area contributed by atoms with Crippen LogP contribution >= 0.6 is 0 Å². The average molecular weight is 261 g/mol. The van der Waals surface area contributed by atoms with Crippen LogP contribution in [0.5, 0.6) is 5.75 Å². The molecule has 1 heterocycles. The Hall–Kier alpha value is -2.17. The van der Waals surface area contributed by atoms with Gasteiger partial charge in [-0.25, -0.2) is 14.4 Å². The minimum Gasteiger partial charge on any atom is -0.494 e. The highest BCUT2D eigenvalue weighted by molar-refractivity contribution is 5.63. The SMILES string of the molecule is CCNc1cc(-c2ccc(OC)c(F)c2)nc(C)n1. The Morgan fingerprint density at radius 3 is 2.68 bits per heavy atom. The molecule has 0 aliphatic rings. The fourth-order valence-electron chi connectivity index (χ4n) is 1.81. The molecule has 1 N–H and O–H groups in total. The molecule has 2 aromatic rings. The summed E-state index contributed by atoms with van der Waals surface area (Å²) >= 11 is 0. The summed E-state index contributed by atoms with van der Waals surface area (Å²) < 4.78 is 18.6. The van der Waals surface area contributed by atoms with Gasteiger partial charge in [-0.15, -0.1) is 0 Å². The normalized spacial score (nSPS) is 10.3. The maximum absolute atomic E-state index is 13.7. The van der Waals surface area contributed by atoms with Crippen LogP contribution in [0.4, 0.5) is 10.2 Å². The first kappa shape index (κ1) is 13.3. The number of halogens is 1. The molecule has 19 heavy (non-hydrogen) atoms. The van der Waals surface area contributed by atoms with E-state index in [1.54, 1.807) is 18.2 Å². The molecule has 0 unspecified atom stereocenters. The molecule has 0 amide bonds. The molecule has 0 saturated heterocycles. The van der Waals surface area contributed by atoms with Crippen LogP contribution in [0.2, 0.25) is 0 Å². The van der Waals surface area contributed by atoms with Crippen LogP contribution in [0.1, 0.15) is 12.7 Å². The Balaban J connectivity index is 2.43. The van der Waals surface area contributed by atoms with Gasteiger partial charge < -0.3 is 10.1 Å². The largest absolute Gasteiger partial charge is 0.494 e. The topological polar surface area (TPSA) is 47.0 Å². The van der Waals surface area contributed by atoms with Gasteiger partial charge in [0.1, 0.15) is 11.6 Å². The number of hydrogen-bond acceptors (Lipinski definition) is 4. The summed E-state index contributed by atoms with van der Waals surface area (Å²) in [6.07, 6.45) is 0. The first-order valence-corrected chi connectivity index (χ1v) is 6.07. The fraction of sp³-hybridized carbons (Fsp3) is 0.286. The minimum atomic E-state index is -0.402. The van der Waals surface area contributed by atoms with Gasteiger partial charge in [-0.2, -0.15) is 0 Å². The summed E-state index contributed by atoms with van der Waals surface area (Å²) in [7, 11) is 1.44. The van der Waals surface area contributed by atoms with E-state index in [9.17, 15) is 4.39 Å². The van der Waals surface area contributed by atoms with Crippen LogP contribution in [0.15, 0.2) is 24.3 Å². The number of rotatable bonds is 4. The molecule has 0 atom stereocenters. The van der Waals surface area contributed by atoms with Gasteiger partial charge in [0, 0.05) is 18.2 Å². The van der Waals surface area contributed by atoms with Crippen molar-refractivity contribution >= 4 is 5.82 Å². The fourth-order valence-corrected chi connectivity index (χ4v) is 1.81. The van der Waals surface area contributed by atoms with Crippen molar-refractivity contribution in [3.63, 3.8) is 0 Å². The Morgan fingerprint density at radius 1 is 1.26 bits per heavy atom. The lowest BCUT2D eigenvalue weighted by molar-refractivity contribution is 0.386. The molecule has 0 spiro atoms. The van der Waals surface area contributed by atoms with Crippen molar-refractivity contribution in [3.05, 3.63) is 35.9 Å². The predicted molar refractivity (Wildman–Crippen MR) is 72.9 cm³/mol. The zero-order valence-corrected chi connectivity index (χ0v) is 11.2. The highest BCUT2D eigenvalue weighted by Crippen LogP contribution is 2.25. The third-order valence-electron chi connectivity index (χ3n) is 2.64. The molecular weight excluding hydrogens is 245 g/mol. The average Bonchev–Trinajstić information content (AvgIpc) is 2.38. The molecule has 1 aromatic heterocycles.